The van der Waals surface area contributed by atoms with Crippen molar-refractivity contribution in [2.24, 2.45) is 28.2 Å². The number of hydrogen-bond acceptors (Lipinski definition) is 6. The number of nitrogens with zero attached hydrogens (tertiary/aromatic N) is 10. The van der Waals surface area contributed by atoms with E-state index in [0.29, 0.717) is 0 Å². The van der Waals surface area contributed by atoms with E-state index in [9.17, 15) is 0 Å². The third-order valence-electron chi connectivity index (χ3n) is 13.8. The van der Waals surface area contributed by atoms with E-state index in [4.69, 9.17) is 19.9 Å². The first kappa shape index (κ1) is 38.7. The molecule has 10 heteroatoms. The predicted octanol–water partition coefficient (Wildman–Crippen LogP) is 13.1. The van der Waals surface area contributed by atoms with Gasteiger partial charge in [-0.05, 0) is 78.4 Å². The van der Waals surface area contributed by atoms with Crippen LogP contribution in [0.1, 0.15) is 0 Å². The maximum Gasteiger partial charge on any atom is 0.143 e. The molecule has 1 aliphatic rings. The predicted molar refractivity (Wildman–Crippen MR) is 273 cm³/mol. The topological polar surface area (TPSA) is 77.8 Å². The lowest BCUT2D eigenvalue weighted by atomic mass is 9.83. The molecule has 0 unspecified atom stereocenters. The summed E-state index contributed by atoms with van der Waals surface area (Å²) in [5.74, 6) is 3.18. The average molecular weight is 869 g/mol. The molecule has 0 atom stereocenters. The Morgan fingerprint density at radius 2 is 0.582 bits per heavy atom. The molecule has 0 saturated heterocycles. The lowest BCUT2D eigenvalue weighted by Crippen LogP contribution is -2.25. The maximum absolute atomic E-state index is 5.67. The number of para-hydroxylation sites is 12. The highest BCUT2D eigenvalue weighted by atomic mass is 15.3. The number of rotatable bonds is 6. The molecule has 67 heavy (non-hydrogen) atoms. The molecule has 0 saturated carbocycles. The van der Waals surface area contributed by atoms with Crippen molar-refractivity contribution in [2.45, 2.75) is 0 Å². The monoisotopic (exact) mass is 868 g/mol. The van der Waals surface area contributed by atoms with Gasteiger partial charge in [0.05, 0.1) is 83.7 Å². The molecular formula is C57H44N10. The number of hydrogen-bond donors (Lipinski definition) is 0. The van der Waals surface area contributed by atoms with Crippen LogP contribution in [0.15, 0.2) is 176 Å². The number of anilines is 5. The highest BCUT2D eigenvalue weighted by Gasteiger charge is 2.40. The van der Waals surface area contributed by atoms with Crippen LogP contribution in [0, 0.1) is 0 Å². The summed E-state index contributed by atoms with van der Waals surface area (Å²) >= 11 is 0. The molecule has 322 valence electrons. The molecule has 4 aromatic heterocycles. The maximum atomic E-state index is 5.67. The number of fused-ring (bicyclic) bond motifs is 6. The van der Waals surface area contributed by atoms with Crippen LogP contribution in [0.5, 0.6) is 0 Å². The first-order chi connectivity index (χ1) is 32.9. The van der Waals surface area contributed by atoms with Gasteiger partial charge >= 0.3 is 0 Å². The van der Waals surface area contributed by atoms with Gasteiger partial charge in [0.1, 0.15) is 23.3 Å². The van der Waals surface area contributed by atoms with Gasteiger partial charge in [0, 0.05) is 51.9 Å². The SMILES string of the molecule is CN1c2ccccc2N(c2c(-c3nc4ccccc4n3C)c(-c3ccccc3)c(-c3nc4ccccc4n3C)c(-c3nc4ccccc4n3C)c2-c2nc3ccccc3n2C)c2ccccc21. The Morgan fingerprint density at radius 3 is 0.970 bits per heavy atom. The Morgan fingerprint density at radius 1 is 0.284 bits per heavy atom. The first-order valence-corrected chi connectivity index (χ1v) is 22.6. The van der Waals surface area contributed by atoms with Crippen molar-refractivity contribution >= 4 is 72.6 Å². The fourth-order valence-corrected chi connectivity index (χ4v) is 10.6. The summed E-state index contributed by atoms with van der Waals surface area (Å²) in [6.07, 6.45) is 0. The Hall–Kier alpha value is -8.76. The van der Waals surface area contributed by atoms with Crippen LogP contribution in [0.2, 0.25) is 0 Å². The Balaban J connectivity index is 1.38. The molecule has 0 fully saturated rings. The van der Waals surface area contributed by atoms with Gasteiger partial charge in [-0.15, -0.1) is 0 Å². The standard InChI is InChI=1S/C57H44N10/c1-62-44-31-17-19-33-46(44)67(47-34-20-18-32-45(47)62)53-51(56-60-38-25-11-15-29-42(38)65(56)4)48(35-21-7-6-8-22-35)49(54-58-36-23-9-13-27-40(36)63(54)2)50(55-59-37-24-10-14-28-41(37)64(55)3)52(53)57-61-39-26-12-16-30-43(39)66(57)5/h6-34H,1-5H3. The Labute approximate surface area is 386 Å². The minimum Gasteiger partial charge on any atom is -0.341 e. The molecule has 12 aromatic rings. The van der Waals surface area contributed by atoms with E-state index in [1.165, 1.54) is 0 Å². The summed E-state index contributed by atoms with van der Waals surface area (Å²) in [7, 11) is 10.7. The second kappa shape index (κ2) is 14.6. The van der Waals surface area contributed by atoms with Gasteiger partial charge in [-0.2, -0.15) is 0 Å². The van der Waals surface area contributed by atoms with Gasteiger partial charge in [-0.1, -0.05) is 103 Å². The first-order valence-electron chi connectivity index (χ1n) is 22.6. The van der Waals surface area contributed by atoms with Crippen LogP contribution in [0.3, 0.4) is 0 Å². The van der Waals surface area contributed by atoms with E-state index >= 15 is 0 Å². The van der Waals surface area contributed by atoms with Crippen LogP contribution in [-0.2, 0) is 28.2 Å². The van der Waals surface area contributed by atoms with E-state index in [2.05, 4.69) is 239 Å². The molecule has 0 aliphatic carbocycles. The lowest BCUT2D eigenvalue weighted by Gasteiger charge is -2.41. The second-order valence-corrected chi connectivity index (χ2v) is 17.4. The summed E-state index contributed by atoms with van der Waals surface area (Å²) in [6.45, 7) is 0. The molecule has 0 spiro atoms. The van der Waals surface area contributed by atoms with Crippen molar-refractivity contribution in [3.05, 3.63) is 176 Å². The molecule has 5 heterocycles. The zero-order valence-electron chi connectivity index (χ0n) is 37.7. The van der Waals surface area contributed by atoms with Crippen molar-refractivity contribution in [3.8, 4) is 56.7 Å². The normalized spacial score (nSPS) is 12.5. The van der Waals surface area contributed by atoms with Crippen molar-refractivity contribution in [3.63, 3.8) is 0 Å². The van der Waals surface area contributed by atoms with Crippen LogP contribution in [0.4, 0.5) is 28.4 Å². The molecule has 0 amide bonds. The van der Waals surface area contributed by atoms with Gasteiger partial charge in [0.15, 0.2) is 0 Å². The van der Waals surface area contributed by atoms with Crippen LogP contribution in [0.25, 0.3) is 101 Å². The molecule has 1 aliphatic heterocycles. The van der Waals surface area contributed by atoms with Crippen molar-refractivity contribution in [2.75, 3.05) is 16.8 Å². The van der Waals surface area contributed by atoms with Gasteiger partial charge in [0.2, 0.25) is 0 Å². The Kier molecular flexibility index (Phi) is 8.45. The largest absolute Gasteiger partial charge is 0.341 e. The van der Waals surface area contributed by atoms with E-state index in [-0.39, 0.29) is 0 Å². The fraction of sp³-hybridized carbons (Fsp3) is 0.0877. The number of aryl methyl sites for hydroxylation is 4. The molecule has 0 radical (unpaired) electrons. The number of imidazole rings is 4. The zero-order valence-corrected chi connectivity index (χ0v) is 37.7. The molecule has 13 rings (SSSR count). The van der Waals surface area contributed by atoms with Gasteiger partial charge < -0.3 is 28.1 Å². The van der Waals surface area contributed by atoms with Crippen LogP contribution < -0.4 is 9.80 Å². The fourth-order valence-electron chi connectivity index (χ4n) is 10.6. The molecule has 10 nitrogen and oxygen atoms in total. The van der Waals surface area contributed by atoms with E-state index in [0.717, 1.165) is 129 Å². The molecular weight excluding hydrogens is 825 g/mol. The number of benzene rings is 8. The van der Waals surface area contributed by atoms with Crippen molar-refractivity contribution in [1.29, 1.82) is 0 Å². The summed E-state index contributed by atoms with van der Waals surface area (Å²) in [6, 6.07) is 61.8. The molecule has 0 bridgehead atoms. The van der Waals surface area contributed by atoms with Gasteiger partial charge in [-0.25, -0.2) is 19.9 Å². The van der Waals surface area contributed by atoms with Crippen LogP contribution in [-0.4, -0.2) is 45.3 Å². The van der Waals surface area contributed by atoms with Gasteiger partial charge in [-0.3, -0.25) is 0 Å². The number of aromatic nitrogens is 8. The summed E-state index contributed by atoms with van der Waals surface area (Å²) in [5, 5.41) is 0. The molecule has 0 N–H and O–H groups in total. The lowest BCUT2D eigenvalue weighted by molar-refractivity contribution is 0.938. The van der Waals surface area contributed by atoms with Crippen LogP contribution >= 0.6 is 0 Å². The van der Waals surface area contributed by atoms with E-state index in [1.54, 1.807) is 0 Å². The third kappa shape index (κ3) is 5.56. The minimum atomic E-state index is 0.784. The quantitative estimate of drug-likeness (QED) is 0.166. The zero-order chi connectivity index (χ0) is 45.1. The average Bonchev–Trinajstić information content (AvgIpc) is 4.10. The second-order valence-electron chi connectivity index (χ2n) is 17.4. The van der Waals surface area contributed by atoms with Gasteiger partial charge in [0.25, 0.3) is 0 Å². The molecule has 8 aromatic carbocycles. The van der Waals surface area contributed by atoms with Crippen molar-refractivity contribution in [1.82, 2.24) is 38.2 Å². The van der Waals surface area contributed by atoms with Crippen molar-refractivity contribution < 1.29 is 0 Å². The van der Waals surface area contributed by atoms with E-state index in [1.807, 2.05) is 0 Å². The highest BCUT2D eigenvalue weighted by Crippen LogP contribution is 2.61. The smallest absolute Gasteiger partial charge is 0.143 e. The highest BCUT2D eigenvalue weighted by molar-refractivity contribution is 6.17. The third-order valence-corrected chi connectivity index (χ3v) is 13.8. The minimum absolute atomic E-state index is 0.784. The summed E-state index contributed by atoms with van der Waals surface area (Å²) in [4.78, 5) is 27.3. The summed E-state index contributed by atoms with van der Waals surface area (Å²) < 4.78 is 8.97. The Bertz CT molecular complexity index is 3910. The summed E-state index contributed by atoms with van der Waals surface area (Å²) in [5.41, 5.74) is 18.4. The van der Waals surface area contributed by atoms with E-state index < -0.39 is 0 Å².